The topological polar surface area (TPSA) is 29.1 Å². The van der Waals surface area contributed by atoms with Crippen LogP contribution in [0.3, 0.4) is 0 Å². The summed E-state index contributed by atoms with van der Waals surface area (Å²) in [7, 11) is 0. The second kappa shape index (κ2) is 6.07. The molecular weight excluding hydrogens is 393 g/mol. The predicted molar refractivity (Wildman–Crippen MR) is 86.0 cm³/mol. The van der Waals surface area contributed by atoms with Crippen molar-refractivity contribution in [1.82, 2.24) is 0 Å². The smallest absolute Gasteiger partial charge is 0.255 e. The number of carbonyl (C=O) groups is 1. The molecule has 0 aliphatic carbocycles. The Hall–Kier alpha value is -0.840. The van der Waals surface area contributed by atoms with Crippen LogP contribution in [0, 0.1) is 6.92 Å². The SMILES string of the molecule is Cc1cc(Br)ccc1NC(=O)c1cc(Cl)cc(Br)c1. The van der Waals surface area contributed by atoms with Crippen molar-refractivity contribution in [3.63, 3.8) is 0 Å². The first kappa shape index (κ1) is 14.6. The number of hydrogen-bond donors (Lipinski definition) is 1. The van der Waals surface area contributed by atoms with Crippen molar-refractivity contribution in [3.8, 4) is 0 Å². The van der Waals surface area contributed by atoms with E-state index in [0.717, 1.165) is 20.2 Å². The Morgan fingerprint density at radius 3 is 2.47 bits per heavy atom. The van der Waals surface area contributed by atoms with Crippen LogP contribution in [-0.4, -0.2) is 5.91 Å². The van der Waals surface area contributed by atoms with Crippen LogP contribution in [0.5, 0.6) is 0 Å². The number of nitrogens with one attached hydrogen (secondary N) is 1. The van der Waals surface area contributed by atoms with Gasteiger partial charge >= 0.3 is 0 Å². The maximum absolute atomic E-state index is 12.2. The summed E-state index contributed by atoms with van der Waals surface area (Å²) in [6.07, 6.45) is 0. The number of carbonyl (C=O) groups excluding carboxylic acids is 1. The van der Waals surface area contributed by atoms with Gasteiger partial charge in [-0.15, -0.1) is 0 Å². The van der Waals surface area contributed by atoms with Crippen LogP contribution in [0.2, 0.25) is 5.02 Å². The molecule has 2 nitrogen and oxygen atoms in total. The number of benzene rings is 2. The van der Waals surface area contributed by atoms with Crippen LogP contribution in [0.4, 0.5) is 5.69 Å². The Bertz CT molecular complexity index is 623. The summed E-state index contributed by atoms with van der Waals surface area (Å²) in [4.78, 5) is 12.2. The number of rotatable bonds is 2. The third kappa shape index (κ3) is 3.81. The lowest BCUT2D eigenvalue weighted by Gasteiger charge is -2.09. The molecule has 0 heterocycles. The summed E-state index contributed by atoms with van der Waals surface area (Å²) >= 11 is 12.6. The summed E-state index contributed by atoms with van der Waals surface area (Å²) < 4.78 is 1.76. The number of anilines is 1. The first-order chi connectivity index (χ1) is 8.95. The zero-order valence-corrected chi connectivity index (χ0v) is 13.9. The third-order valence-electron chi connectivity index (χ3n) is 2.56. The van der Waals surface area contributed by atoms with E-state index in [2.05, 4.69) is 37.2 Å². The molecule has 0 unspecified atom stereocenters. The molecule has 0 atom stereocenters. The Labute approximate surface area is 133 Å². The van der Waals surface area contributed by atoms with Crippen LogP contribution < -0.4 is 5.32 Å². The van der Waals surface area contributed by atoms with Crippen molar-refractivity contribution in [1.29, 1.82) is 0 Å². The van der Waals surface area contributed by atoms with E-state index >= 15 is 0 Å². The van der Waals surface area contributed by atoms with Gasteiger partial charge in [0.25, 0.3) is 5.91 Å². The van der Waals surface area contributed by atoms with Crippen molar-refractivity contribution in [2.75, 3.05) is 5.32 Å². The number of halogens is 3. The van der Waals surface area contributed by atoms with E-state index in [4.69, 9.17) is 11.6 Å². The molecule has 0 fully saturated rings. The minimum Gasteiger partial charge on any atom is -0.322 e. The molecular formula is C14H10Br2ClNO. The minimum absolute atomic E-state index is 0.186. The molecule has 1 amide bonds. The highest BCUT2D eigenvalue weighted by Gasteiger charge is 2.09. The number of hydrogen-bond acceptors (Lipinski definition) is 1. The molecule has 0 spiro atoms. The van der Waals surface area contributed by atoms with E-state index in [1.807, 2.05) is 25.1 Å². The van der Waals surface area contributed by atoms with Gasteiger partial charge in [0.15, 0.2) is 0 Å². The van der Waals surface area contributed by atoms with E-state index in [9.17, 15) is 4.79 Å². The molecule has 0 saturated carbocycles. The Morgan fingerprint density at radius 1 is 1.11 bits per heavy atom. The standard InChI is InChI=1S/C14H10Br2ClNO/c1-8-4-10(15)2-3-13(8)18-14(19)9-5-11(16)7-12(17)6-9/h2-7H,1H3,(H,18,19). The molecule has 5 heteroatoms. The summed E-state index contributed by atoms with van der Waals surface area (Å²) in [5, 5.41) is 3.39. The van der Waals surface area contributed by atoms with Crippen molar-refractivity contribution in [2.24, 2.45) is 0 Å². The molecule has 0 radical (unpaired) electrons. The van der Waals surface area contributed by atoms with Gasteiger partial charge in [0.2, 0.25) is 0 Å². The lowest BCUT2D eigenvalue weighted by Crippen LogP contribution is -2.12. The molecule has 98 valence electrons. The Morgan fingerprint density at radius 2 is 1.84 bits per heavy atom. The zero-order chi connectivity index (χ0) is 14.0. The van der Waals surface area contributed by atoms with Crippen LogP contribution in [0.1, 0.15) is 15.9 Å². The fourth-order valence-corrected chi connectivity index (χ4v) is 2.98. The second-order valence-electron chi connectivity index (χ2n) is 4.07. The summed E-state index contributed by atoms with van der Waals surface area (Å²) in [5.74, 6) is -0.186. The quantitative estimate of drug-likeness (QED) is 0.712. The molecule has 0 aliphatic rings. The molecule has 19 heavy (non-hydrogen) atoms. The van der Waals surface area contributed by atoms with Gasteiger partial charge in [0.1, 0.15) is 0 Å². The Kier molecular flexibility index (Phi) is 4.66. The molecule has 2 aromatic carbocycles. The second-order valence-corrected chi connectivity index (χ2v) is 6.34. The molecule has 2 aromatic rings. The third-order valence-corrected chi connectivity index (χ3v) is 3.73. The van der Waals surface area contributed by atoms with Crippen LogP contribution in [0.15, 0.2) is 45.3 Å². The van der Waals surface area contributed by atoms with E-state index in [0.29, 0.717) is 10.6 Å². The van der Waals surface area contributed by atoms with Gasteiger partial charge < -0.3 is 5.32 Å². The normalized spacial score (nSPS) is 10.3. The van der Waals surface area contributed by atoms with Gasteiger partial charge in [-0.1, -0.05) is 43.5 Å². The number of aryl methyl sites for hydroxylation is 1. The largest absolute Gasteiger partial charge is 0.322 e. The van der Waals surface area contributed by atoms with Gasteiger partial charge in [-0.25, -0.2) is 0 Å². The summed E-state index contributed by atoms with van der Waals surface area (Å²) in [5.41, 5.74) is 2.29. The van der Waals surface area contributed by atoms with Crippen molar-refractivity contribution in [3.05, 3.63) is 61.5 Å². The van der Waals surface area contributed by atoms with E-state index in [1.165, 1.54) is 0 Å². The monoisotopic (exact) mass is 401 g/mol. The van der Waals surface area contributed by atoms with Crippen LogP contribution in [0.25, 0.3) is 0 Å². The molecule has 0 saturated heterocycles. The van der Waals surface area contributed by atoms with E-state index in [1.54, 1.807) is 18.2 Å². The molecule has 0 bridgehead atoms. The van der Waals surface area contributed by atoms with Crippen molar-refractivity contribution in [2.45, 2.75) is 6.92 Å². The van der Waals surface area contributed by atoms with Crippen LogP contribution in [-0.2, 0) is 0 Å². The first-order valence-electron chi connectivity index (χ1n) is 5.49. The first-order valence-corrected chi connectivity index (χ1v) is 7.46. The average molecular weight is 404 g/mol. The van der Waals surface area contributed by atoms with Crippen molar-refractivity contribution < 1.29 is 4.79 Å². The molecule has 0 aromatic heterocycles. The van der Waals surface area contributed by atoms with Gasteiger partial charge in [-0.05, 0) is 48.9 Å². The fraction of sp³-hybridized carbons (Fsp3) is 0.0714. The Balaban J connectivity index is 2.25. The van der Waals surface area contributed by atoms with E-state index < -0.39 is 0 Å². The highest BCUT2D eigenvalue weighted by atomic mass is 79.9. The molecule has 2 rings (SSSR count). The predicted octanol–water partition coefficient (Wildman–Crippen LogP) is 5.43. The fourth-order valence-electron chi connectivity index (χ4n) is 1.65. The maximum atomic E-state index is 12.2. The number of amides is 1. The summed E-state index contributed by atoms with van der Waals surface area (Å²) in [6, 6.07) is 10.8. The van der Waals surface area contributed by atoms with Gasteiger partial charge in [-0.3, -0.25) is 4.79 Å². The zero-order valence-electron chi connectivity index (χ0n) is 10.0. The summed E-state index contributed by atoms with van der Waals surface area (Å²) in [6.45, 7) is 1.94. The maximum Gasteiger partial charge on any atom is 0.255 e. The van der Waals surface area contributed by atoms with Gasteiger partial charge in [0, 0.05) is 25.2 Å². The van der Waals surface area contributed by atoms with Gasteiger partial charge in [-0.2, -0.15) is 0 Å². The van der Waals surface area contributed by atoms with E-state index in [-0.39, 0.29) is 5.91 Å². The lowest BCUT2D eigenvalue weighted by atomic mass is 10.1. The van der Waals surface area contributed by atoms with Crippen LogP contribution >= 0.6 is 43.5 Å². The highest BCUT2D eigenvalue weighted by molar-refractivity contribution is 9.10. The van der Waals surface area contributed by atoms with Crippen molar-refractivity contribution >= 4 is 55.1 Å². The molecule has 0 aliphatic heterocycles. The molecule has 1 N–H and O–H groups in total. The van der Waals surface area contributed by atoms with Gasteiger partial charge in [0.05, 0.1) is 0 Å². The average Bonchev–Trinajstić information content (AvgIpc) is 2.31. The highest BCUT2D eigenvalue weighted by Crippen LogP contribution is 2.23. The lowest BCUT2D eigenvalue weighted by molar-refractivity contribution is 0.102. The minimum atomic E-state index is -0.186.